The van der Waals surface area contributed by atoms with E-state index in [-0.39, 0.29) is 11.8 Å². The van der Waals surface area contributed by atoms with E-state index >= 15 is 0 Å². The molecular formula is C23H21N3O4S. The van der Waals surface area contributed by atoms with Crippen LogP contribution in [0.4, 0.5) is 11.4 Å². The lowest BCUT2D eigenvalue weighted by Gasteiger charge is -2.23. The number of nitrogens with one attached hydrogen (secondary N) is 1. The first-order chi connectivity index (χ1) is 15.1. The predicted octanol–water partition coefficient (Wildman–Crippen LogP) is 4.10. The number of rotatable bonds is 6. The first-order valence-electron chi connectivity index (χ1n) is 9.64. The molecule has 2 aromatic carbocycles. The minimum absolute atomic E-state index is 0.0698. The summed E-state index contributed by atoms with van der Waals surface area (Å²) in [6.07, 6.45) is 1.52. The normalized spacial score (nSPS) is 12.6. The quantitative estimate of drug-likeness (QED) is 0.628. The Morgan fingerprint density at radius 2 is 1.94 bits per heavy atom. The topological polar surface area (TPSA) is 80.8 Å². The maximum Gasteiger partial charge on any atom is 0.259 e. The monoisotopic (exact) mass is 435 g/mol. The molecule has 0 aliphatic carbocycles. The molecule has 8 heteroatoms. The molecule has 0 saturated carbocycles. The van der Waals surface area contributed by atoms with Crippen molar-refractivity contribution in [2.75, 3.05) is 37.6 Å². The van der Waals surface area contributed by atoms with E-state index in [1.807, 2.05) is 36.4 Å². The number of fused-ring (bicyclic) bond motifs is 2. The number of carbonyl (C=O) groups excluding carboxylic acids is 2. The summed E-state index contributed by atoms with van der Waals surface area (Å²) in [7, 11) is 3.11. The number of benzene rings is 2. The van der Waals surface area contributed by atoms with Crippen LogP contribution in [0, 0.1) is 0 Å². The Morgan fingerprint density at radius 3 is 2.74 bits per heavy atom. The second-order valence-corrected chi connectivity index (χ2v) is 7.86. The van der Waals surface area contributed by atoms with Gasteiger partial charge >= 0.3 is 0 Å². The van der Waals surface area contributed by atoms with Gasteiger partial charge in [-0.15, -0.1) is 0 Å². The van der Waals surface area contributed by atoms with Crippen LogP contribution < -0.4 is 15.0 Å². The van der Waals surface area contributed by atoms with E-state index in [4.69, 9.17) is 9.47 Å². The molecule has 3 aromatic rings. The van der Waals surface area contributed by atoms with Gasteiger partial charge in [0.05, 0.1) is 25.0 Å². The van der Waals surface area contributed by atoms with Gasteiger partial charge in [-0.25, -0.2) is 4.98 Å². The van der Waals surface area contributed by atoms with Crippen LogP contribution in [-0.2, 0) is 4.74 Å². The highest BCUT2D eigenvalue weighted by molar-refractivity contribution is 7.99. The molecule has 158 valence electrons. The van der Waals surface area contributed by atoms with Gasteiger partial charge < -0.3 is 19.7 Å². The van der Waals surface area contributed by atoms with Crippen LogP contribution in [0.2, 0.25) is 0 Å². The Labute approximate surface area is 184 Å². The average Bonchev–Trinajstić information content (AvgIpc) is 2.91. The highest BCUT2D eigenvalue weighted by Crippen LogP contribution is 2.42. The SMILES string of the molecule is COCCN1C(=O)c2ccccc2Sc2cc(NC(=O)c3ccnc(OC)c3)ccc21. The minimum atomic E-state index is -0.271. The van der Waals surface area contributed by atoms with E-state index in [9.17, 15) is 9.59 Å². The molecule has 7 nitrogen and oxygen atoms in total. The molecule has 31 heavy (non-hydrogen) atoms. The lowest BCUT2D eigenvalue weighted by atomic mass is 10.1. The number of anilines is 2. The summed E-state index contributed by atoms with van der Waals surface area (Å²) in [5.74, 6) is 0.0283. The maximum absolute atomic E-state index is 13.2. The zero-order valence-electron chi connectivity index (χ0n) is 17.1. The summed E-state index contributed by atoms with van der Waals surface area (Å²) in [6, 6.07) is 16.2. The first kappa shape index (κ1) is 20.9. The molecule has 1 aliphatic rings. The number of methoxy groups -OCH3 is 2. The Balaban J connectivity index is 1.67. The van der Waals surface area contributed by atoms with Gasteiger partial charge in [-0.1, -0.05) is 23.9 Å². The van der Waals surface area contributed by atoms with Crippen LogP contribution in [-0.4, -0.2) is 44.2 Å². The summed E-state index contributed by atoms with van der Waals surface area (Å²) in [5.41, 5.74) is 2.50. The second kappa shape index (κ2) is 9.20. The number of hydrogen-bond acceptors (Lipinski definition) is 6. The zero-order chi connectivity index (χ0) is 21.8. The number of pyridine rings is 1. The predicted molar refractivity (Wildman–Crippen MR) is 119 cm³/mol. The fourth-order valence-corrected chi connectivity index (χ4v) is 4.39. The largest absolute Gasteiger partial charge is 0.481 e. The van der Waals surface area contributed by atoms with Gasteiger partial charge in [0.1, 0.15) is 0 Å². The third-order valence-corrected chi connectivity index (χ3v) is 5.94. The van der Waals surface area contributed by atoms with Crippen molar-refractivity contribution in [2.45, 2.75) is 9.79 Å². The second-order valence-electron chi connectivity index (χ2n) is 6.77. The molecule has 0 bridgehead atoms. The van der Waals surface area contributed by atoms with Crippen molar-refractivity contribution >= 4 is 35.0 Å². The number of amides is 2. The molecule has 0 spiro atoms. The molecule has 2 amide bonds. The molecule has 0 fully saturated rings. The Bertz CT molecular complexity index is 1140. The Morgan fingerprint density at radius 1 is 1.10 bits per heavy atom. The van der Waals surface area contributed by atoms with Crippen LogP contribution in [0.3, 0.4) is 0 Å². The Hall–Kier alpha value is -3.36. The first-order valence-corrected chi connectivity index (χ1v) is 10.5. The molecule has 0 unspecified atom stereocenters. The standard InChI is InChI=1S/C23H21N3O4S/c1-29-12-11-26-18-8-7-16(25-22(27)15-9-10-24-21(13-15)30-2)14-20(18)31-19-6-4-3-5-17(19)23(26)28/h3-10,13-14H,11-12H2,1-2H3,(H,25,27). The summed E-state index contributed by atoms with van der Waals surface area (Å²) < 4.78 is 10.3. The van der Waals surface area contributed by atoms with Gasteiger partial charge in [0, 0.05) is 47.0 Å². The molecule has 1 N–H and O–H groups in total. The van der Waals surface area contributed by atoms with Crippen LogP contribution in [0.15, 0.2) is 70.6 Å². The molecule has 0 atom stereocenters. The molecule has 0 radical (unpaired) electrons. The van der Waals surface area contributed by atoms with Gasteiger partial charge in [-0.05, 0) is 36.4 Å². The molecule has 0 saturated heterocycles. The van der Waals surface area contributed by atoms with Crippen molar-refractivity contribution in [3.63, 3.8) is 0 Å². The molecule has 1 aromatic heterocycles. The summed E-state index contributed by atoms with van der Waals surface area (Å²) >= 11 is 1.50. The van der Waals surface area contributed by atoms with Crippen molar-refractivity contribution in [3.05, 3.63) is 71.9 Å². The average molecular weight is 436 g/mol. The van der Waals surface area contributed by atoms with Crippen LogP contribution in [0.1, 0.15) is 20.7 Å². The van der Waals surface area contributed by atoms with E-state index in [1.54, 1.807) is 30.2 Å². The van der Waals surface area contributed by atoms with Gasteiger partial charge in [0.15, 0.2) is 0 Å². The van der Waals surface area contributed by atoms with E-state index in [1.165, 1.54) is 25.1 Å². The van der Waals surface area contributed by atoms with Gasteiger partial charge in [0.25, 0.3) is 11.8 Å². The van der Waals surface area contributed by atoms with Crippen LogP contribution in [0.5, 0.6) is 5.88 Å². The van der Waals surface area contributed by atoms with E-state index < -0.39 is 0 Å². The summed E-state index contributed by atoms with van der Waals surface area (Å²) in [6.45, 7) is 0.847. The fraction of sp³-hybridized carbons (Fsp3) is 0.174. The lowest BCUT2D eigenvalue weighted by Crippen LogP contribution is -2.33. The molecular weight excluding hydrogens is 414 g/mol. The number of aromatic nitrogens is 1. The fourth-order valence-electron chi connectivity index (χ4n) is 3.27. The summed E-state index contributed by atoms with van der Waals surface area (Å²) in [4.78, 5) is 33.4. The number of nitrogens with zero attached hydrogens (tertiary/aromatic N) is 2. The third-order valence-electron chi connectivity index (χ3n) is 4.82. The minimum Gasteiger partial charge on any atom is -0.481 e. The number of ether oxygens (including phenoxy) is 2. The van der Waals surface area contributed by atoms with E-state index in [0.29, 0.717) is 35.8 Å². The molecule has 1 aliphatic heterocycles. The Kier molecular flexibility index (Phi) is 6.20. The summed E-state index contributed by atoms with van der Waals surface area (Å²) in [5, 5.41) is 2.91. The van der Waals surface area contributed by atoms with Crippen LogP contribution >= 0.6 is 11.8 Å². The lowest BCUT2D eigenvalue weighted by molar-refractivity contribution is 0.0972. The third kappa shape index (κ3) is 4.40. The van der Waals surface area contributed by atoms with Crippen molar-refractivity contribution in [1.82, 2.24) is 4.98 Å². The number of hydrogen-bond donors (Lipinski definition) is 1. The van der Waals surface area contributed by atoms with Gasteiger partial charge in [-0.3, -0.25) is 9.59 Å². The number of carbonyl (C=O) groups is 2. The smallest absolute Gasteiger partial charge is 0.259 e. The zero-order valence-corrected chi connectivity index (χ0v) is 17.9. The van der Waals surface area contributed by atoms with Gasteiger partial charge in [0.2, 0.25) is 5.88 Å². The van der Waals surface area contributed by atoms with Crippen molar-refractivity contribution in [2.24, 2.45) is 0 Å². The van der Waals surface area contributed by atoms with Crippen molar-refractivity contribution < 1.29 is 19.1 Å². The van der Waals surface area contributed by atoms with Crippen LogP contribution in [0.25, 0.3) is 0 Å². The van der Waals surface area contributed by atoms with E-state index in [2.05, 4.69) is 10.3 Å². The van der Waals surface area contributed by atoms with Crippen molar-refractivity contribution in [1.29, 1.82) is 0 Å². The molecule has 2 heterocycles. The van der Waals surface area contributed by atoms with E-state index in [0.717, 1.165) is 15.5 Å². The van der Waals surface area contributed by atoms with Crippen molar-refractivity contribution in [3.8, 4) is 5.88 Å². The maximum atomic E-state index is 13.2. The highest BCUT2D eigenvalue weighted by atomic mass is 32.2. The molecule has 4 rings (SSSR count). The van der Waals surface area contributed by atoms with Gasteiger partial charge in [-0.2, -0.15) is 0 Å². The highest BCUT2D eigenvalue weighted by Gasteiger charge is 2.27.